The van der Waals surface area contributed by atoms with Gasteiger partial charge in [-0.3, -0.25) is 9.69 Å². The molecule has 0 heterocycles. The zero-order valence-corrected chi connectivity index (χ0v) is 12.3. The highest BCUT2D eigenvalue weighted by Crippen LogP contribution is 2.25. The van der Waals surface area contributed by atoms with Gasteiger partial charge >= 0.3 is 0 Å². The van der Waals surface area contributed by atoms with Crippen molar-refractivity contribution >= 4 is 5.91 Å². The van der Waals surface area contributed by atoms with E-state index in [0.29, 0.717) is 13.0 Å². The van der Waals surface area contributed by atoms with Gasteiger partial charge in [0.25, 0.3) is 0 Å². The molecule has 1 aliphatic carbocycles. The summed E-state index contributed by atoms with van der Waals surface area (Å²) in [6.45, 7) is 5.41. The van der Waals surface area contributed by atoms with E-state index in [-0.39, 0.29) is 5.91 Å². The Hall–Kier alpha value is -1.39. The minimum absolute atomic E-state index is 0.0812. The van der Waals surface area contributed by atoms with E-state index >= 15 is 0 Å². The minimum atomic E-state index is 0.0812. The first-order chi connectivity index (χ1) is 9.74. The largest absolute Gasteiger partial charge is 0.355 e. The van der Waals surface area contributed by atoms with Gasteiger partial charge in [-0.05, 0) is 30.5 Å². The molecule has 0 atom stereocenters. The van der Waals surface area contributed by atoms with E-state index in [0.717, 1.165) is 36.8 Å². The van der Waals surface area contributed by atoms with Gasteiger partial charge in [0, 0.05) is 25.7 Å². The van der Waals surface area contributed by atoms with Crippen molar-refractivity contribution < 1.29 is 4.79 Å². The summed E-state index contributed by atoms with van der Waals surface area (Å²) in [5.41, 5.74) is 7.77. The lowest BCUT2D eigenvalue weighted by atomic mass is 10.0. The fourth-order valence-corrected chi connectivity index (χ4v) is 2.54. The molecule has 0 radical (unpaired) electrons. The molecule has 1 saturated carbocycles. The van der Waals surface area contributed by atoms with Gasteiger partial charge in [-0.2, -0.15) is 0 Å². The molecule has 2 rings (SSSR count). The topological polar surface area (TPSA) is 58.4 Å². The maximum atomic E-state index is 12.0. The number of carbonyl (C=O) groups excluding carboxylic acids is 1. The number of hydrogen-bond acceptors (Lipinski definition) is 3. The lowest BCUT2D eigenvalue weighted by molar-refractivity contribution is -0.120. The number of carbonyl (C=O) groups is 1. The number of rotatable bonds is 8. The molecule has 4 heteroatoms. The Morgan fingerprint density at radius 1 is 1.35 bits per heavy atom. The molecular formula is C16H25N3O. The summed E-state index contributed by atoms with van der Waals surface area (Å²) in [5, 5.41) is 3.01. The maximum Gasteiger partial charge on any atom is 0.224 e. The smallest absolute Gasteiger partial charge is 0.224 e. The zero-order chi connectivity index (χ0) is 14.4. The maximum absolute atomic E-state index is 12.0. The van der Waals surface area contributed by atoms with Crippen molar-refractivity contribution in [2.75, 3.05) is 19.6 Å². The third-order valence-corrected chi connectivity index (χ3v) is 3.88. The monoisotopic (exact) mass is 275 g/mol. The van der Waals surface area contributed by atoms with Crippen molar-refractivity contribution in [2.24, 2.45) is 5.73 Å². The van der Waals surface area contributed by atoms with Gasteiger partial charge in [-0.15, -0.1) is 0 Å². The lowest BCUT2D eigenvalue weighted by Gasteiger charge is -2.19. The molecule has 1 aromatic rings. The third-order valence-electron chi connectivity index (χ3n) is 3.88. The van der Waals surface area contributed by atoms with Crippen LogP contribution in [0.3, 0.4) is 0 Å². The van der Waals surface area contributed by atoms with E-state index in [9.17, 15) is 4.79 Å². The van der Waals surface area contributed by atoms with Crippen LogP contribution in [0.1, 0.15) is 30.9 Å². The van der Waals surface area contributed by atoms with Crippen LogP contribution in [0.5, 0.6) is 0 Å². The summed E-state index contributed by atoms with van der Waals surface area (Å²) in [5.74, 6) is 0.0812. The molecule has 4 nitrogen and oxygen atoms in total. The second kappa shape index (κ2) is 7.41. The lowest BCUT2D eigenvalue weighted by Crippen LogP contribution is -2.36. The van der Waals surface area contributed by atoms with Gasteiger partial charge in [0.2, 0.25) is 5.91 Å². The van der Waals surface area contributed by atoms with Crippen LogP contribution in [0.2, 0.25) is 0 Å². The van der Waals surface area contributed by atoms with Crippen LogP contribution in [-0.2, 0) is 17.8 Å². The quantitative estimate of drug-likeness (QED) is 0.751. The van der Waals surface area contributed by atoms with E-state index in [2.05, 4.69) is 17.1 Å². The molecular weight excluding hydrogens is 250 g/mol. The molecule has 0 bridgehead atoms. The van der Waals surface area contributed by atoms with Gasteiger partial charge < -0.3 is 11.1 Å². The average Bonchev–Trinajstić information content (AvgIpc) is 3.29. The number of likely N-dealkylation sites (N-methyl/N-ethyl adjacent to an activating group) is 1. The molecule has 0 unspecified atom stereocenters. The SMILES string of the molecule is CCN(CCNC(=O)Cc1ccccc1CN)C1CC1. The molecule has 1 amide bonds. The predicted molar refractivity (Wildman–Crippen MR) is 81.3 cm³/mol. The van der Waals surface area contributed by atoms with Gasteiger partial charge in [0.15, 0.2) is 0 Å². The molecule has 0 spiro atoms. The third kappa shape index (κ3) is 4.32. The fraction of sp³-hybridized carbons (Fsp3) is 0.562. The Bertz CT molecular complexity index is 443. The van der Waals surface area contributed by atoms with Crippen LogP contribution < -0.4 is 11.1 Å². The van der Waals surface area contributed by atoms with Crippen LogP contribution in [-0.4, -0.2) is 36.5 Å². The van der Waals surface area contributed by atoms with Gasteiger partial charge in [0.1, 0.15) is 0 Å². The van der Waals surface area contributed by atoms with E-state index in [1.807, 2.05) is 24.3 Å². The number of benzene rings is 1. The number of nitrogens with two attached hydrogens (primary N) is 1. The minimum Gasteiger partial charge on any atom is -0.355 e. The number of hydrogen-bond donors (Lipinski definition) is 2. The molecule has 0 aromatic heterocycles. The average molecular weight is 275 g/mol. The Morgan fingerprint density at radius 3 is 2.65 bits per heavy atom. The normalized spacial score (nSPS) is 14.6. The molecule has 0 saturated heterocycles. The highest BCUT2D eigenvalue weighted by atomic mass is 16.1. The first kappa shape index (κ1) is 15.0. The van der Waals surface area contributed by atoms with Crippen molar-refractivity contribution in [1.29, 1.82) is 0 Å². The van der Waals surface area contributed by atoms with Crippen molar-refractivity contribution in [1.82, 2.24) is 10.2 Å². The highest BCUT2D eigenvalue weighted by molar-refractivity contribution is 5.78. The molecule has 1 aliphatic rings. The molecule has 20 heavy (non-hydrogen) atoms. The molecule has 1 fully saturated rings. The van der Waals surface area contributed by atoms with Crippen LogP contribution in [0.15, 0.2) is 24.3 Å². The van der Waals surface area contributed by atoms with E-state index < -0.39 is 0 Å². The Balaban J connectivity index is 1.74. The van der Waals surface area contributed by atoms with Gasteiger partial charge in [-0.1, -0.05) is 31.2 Å². The van der Waals surface area contributed by atoms with Crippen LogP contribution in [0.4, 0.5) is 0 Å². The summed E-state index contributed by atoms with van der Waals surface area (Å²) >= 11 is 0. The highest BCUT2D eigenvalue weighted by Gasteiger charge is 2.27. The molecule has 0 aliphatic heterocycles. The Morgan fingerprint density at radius 2 is 2.05 bits per heavy atom. The number of nitrogens with zero attached hydrogens (tertiary/aromatic N) is 1. The van der Waals surface area contributed by atoms with Crippen molar-refractivity contribution in [3.05, 3.63) is 35.4 Å². The van der Waals surface area contributed by atoms with Gasteiger partial charge in [0.05, 0.1) is 6.42 Å². The van der Waals surface area contributed by atoms with E-state index in [1.165, 1.54) is 12.8 Å². The van der Waals surface area contributed by atoms with Crippen LogP contribution >= 0.6 is 0 Å². The summed E-state index contributed by atoms with van der Waals surface area (Å²) < 4.78 is 0. The standard InChI is InChI=1S/C16H25N3O/c1-2-19(15-7-8-15)10-9-18-16(20)11-13-5-3-4-6-14(13)12-17/h3-6,15H,2,7-12,17H2,1H3,(H,18,20). The summed E-state index contributed by atoms with van der Waals surface area (Å²) in [7, 11) is 0. The first-order valence-corrected chi connectivity index (χ1v) is 7.52. The Kier molecular flexibility index (Phi) is 5.56. The number of nitrogens with one attached hydrogen (secondary N) is 1. The van der Waals surface area contributed by atoms with E-state index in [4.69, 9.17) is 5.73 Å². The first-order valence-electron chi connectivity index (χ1n) is 7.52. The van der Waals surface area contributed by atoms with Crippen LogP contribution in [0, 0.1) is 0 Å². The molecule has 3 N–H and O–H groups in total. The van der Waals surface area contributed by atoms with Crippen molar-refractivity contribution in [2.45, 2.75) is 38.8 Å². The summed E-state index contributed by atoms with van der Waals surface area (Å²) in [6.07, 6.45) is 3.04. The van der Waals surface area contributed by atoms with Crippen molar-refractivity contribution in [3.8, 4) is 0 Å². The van der Waals surface area contributed by atoms with Gasteiger partial charge in [-0.25, -0.2) is 0 Å². The second-order valence-electron chi connectivity index (χ2n) is 5.36. The summed E-state index contributed by atoms with van der Waals surface area (Å²) in [6, 6.07) is 8.63. The van der Waals surface area contributed by atoms with Crippen molar-refractivity contribution in [3.63, 3.8) is 0 Å². The zero-order valence-electron chi connectivity index (χ0n) is 12.3. The van der Waals surface area contributed by atoms with Crippen LogP contribution in [0.25, 0.3) is 0 Å². The van der Waals surface area contributed by atoms with E-state index in [1.54, 1.807) is 0 Å². The Labute approximate surface area is 121 Å². The summed E-state index contributed by atoms with van der Waals surface area (Å²) in [4.78, 5) is 14.4. The number of amides is 1. The predicted octanol–water partition coefficient (Wildman–Crippen LogP) is 1.29. The molecule has 1 aromatic carbocycles. The molecule has 110 valence electrons. The fourth-order valence-electron chi connectivity index (χ4n) is 2.54. The second-order valence-corrected chi connectivity index (χ2v) is 5.36.